The molecule has 7 heteroatoms. The van der Waals surface area contributed by atoms with Crippen molar-refractivity contribution in [3.05, 3.63) is 57.3 Å². The molecule has 3 heterocycles. The maximum Gasteiger partial charge on any atom is 0.237 e. The van der Waals surface area contributed by atoms with Crippen molar-refractivity contribution in [2.45, 2.75) is 30.1 Å². The first kappa shape index (κ1) is 17.9. The maximum atomic E-state index is 13.7. The van der Waals surface area contributed by atoms with E-state index in [0.29, 0.717) is 6.54 Å². The molecule has 1 aromatic carbocycles. The number of piperidine rings is 1. The molecular formula is C19H20F2N2OS2. The molecule has 2 aliphatic heterocycles. The summed E-state index contributed by atoms with van der Waals surface area (Å²) in [7, 11) is 0. The van der Waals surface area contributed by atoms with Crippen LogP contribution in [0.15, 0.2) is 29.6 Å². The molecule has 0 spiro atoms. The normalized spacial score (nSPS) is 25.5. The second-order valence-electron chi connectivity index (χ2n) is 6.69. The molecule has 2 aliphatic rings. The average Bonchev–Trinajstić information content (AvgIpc) is 3.13. The van der Waals surface area contributed by atoms with Gasteiger partial charge in [0.05, 0.1) is 0 Å². The number of fused-ring (bicyclic) bond motifs is 1. The first-order valence-electron chi connectivity index (χ1n) is 8.77. The minimum atomic E-state index is -0.841. The highest BCUT2D eigenvalue weighted by Crippen LogP contribution is 2.39. The molecule has 1 aromatic heterocycles. The zero-order valence-electron chi connectivity index (χ0n) is 14.1. The number of amides is 1. The van der Waals surface area contributed by atoms with Crippen LogP contribution in [0.4, 0.5) is 8.78 Å². The van der Waals surface area contributed by atoms with Crippen molar-refractivity contribution >= 4 is 29.0 Å². The number of nitrogens with one attached hydrogen (secondary N) is 2. The predicted molar refractivity (Wildman–Crippen MR) is 102 cm³/mol. The molecule has 138 valence electrons. The smallest absolute Gasteiger partial charge is 0.237 e. The SMILES string of the molecule is O=C(NC1CNCCC1c1ccc(F)c(F)c1)C1SCCc2sccc21. The fraction of sp³-hybridized carbons (Fsp3) is 0.421. The third-order valence-electron chi connectivity index (χ3n) is 5.10. The molecule has 0 saturated carbocycles. The fourth-order valence-electron chi connectivity index (χ4n) is 3.77. The minimum Gasteiger partial charge on any atom is -0.350 e. The third kappa shape index (κ3) is 3.52. The van der Waals surface area contributed by atoms with Gasteiger partial charge in [0.1, 0.15) is 5.25 Å². The van der Waals surface area contributed by atoms with E-state index < -0.39 is 11.6 Å². The van der Waals surface area contributed by atoms with Gasteiger partial charge in [-0.3, -0.25) is 4.79 Å². The zero-order valence-corrected chi connectivity index (χ0v) is 15.8. The van der Waals surface area contributed by atoms with Crippen molar-refractivity contribution in [2.24, 2.45) is 0 Å². The molecule has 3 atom stereocenters. The molecule has 0 aliphatic carbocycles. The Hall–Kier alpha value is -1.44. The van der Waals surface area contributed by atoms with E-state index in [2.05, 4.69) is 10.6 Å². The van der Waals surface area contributed by atoms with Gasteiger partial charge in [-0.15, -0.1) is 23.1 Å². The summed E-state index contributed by atoms with van der Waals surface area (Å²) in [5, 5.41) is 8.33. The van der Waals surface area contributed by atoms with Crippen molar-refractivity contribution < 1.29 is 13.6 Å². The molecule has 1 amide bonds. The van der Waals surface area contributed by atoms with Gasteiger partial charge in [-0.1, -0.05) is 6.07 Å². The minimum absolute atomic E-state index is 0.00985. The molecule has 3 unspecified atom stereocenters. The summed E-state index contributed by atoms with van der Waals surface area (Å²) in [6, 6.07) is 5.96. The van der Waals surface area contributed by atoms with Gasteiger partial charge < -0.3 is 10.6 Å². The zero-order chi connectivity index (χ0) is 18.1. The third-order valence-corrected chi connectivity index (χ3v) is 7.33. The molecule has 26 heavy (non-hydrogen) atoms. The van der Waals surface area contributed by atoms with E-state index in [1.54, 1.807) is 29.2 Å². The number of thiophene rings is 1. The lowest BCUT2D eigenvalue weighted by Gasteiger charge is -2.34. The maximum absolute atomic E-state index is 13.7. The van der Waals surface area contributed by atoms with Gasteiger partial charge in [-0.05, 0) is 59.8 Å². The van der Waals surface area contributed by atoms with Crippen LogP contribution in [0.5, 0.6) is 0 Å². The van der Waals surface area contributed by atoms with E-state index in [9.17, 15) is 13.6 Å². The van der Waals surface area contributed by atoms with Crippen LogP contribution in [0, 0.1) is 11.6 Å². The summed E-state index contributed by atoms with van der Waals surface area (Å²) < 4.78 is 26.9. The standard InChI is InChI=1S/C19H20F2N2OS2/c20-14-2-1-11(9-15(14)21)12-3-6-22-10-16(12)23-19(24)18-13-4-7-25-17(13)5-8-26-18/h1-2,4,7,9,12,16,18,22H,3,5-6,8,10H2,(H,23,24). The van der Waals surface area contributed by atoms with Crippen LogP contribution in [0.3, 0.4) is 0 Å². The molecule has 2 aromatic rings. The summed E-state index contributed by atoms with van der Waals surface area (Å²) in [5.41, 5.74) is 1.86. The highest BCUT2D eigenvalue weighted by molar-refractivity contribution is 8.00. The van der Waals surface area contributed by atoms with E-state index in [0.717, 1.165) is 36.3 Å². The topological polar surface area (TPSA) is 41.1 Å². The molecule has 0 bridgehead atoms. The Morgan fingerprint density at radius 3 is 2.96 bits per heavy atom. The van der Waals surface area contributed by atoms with E-state index in [1.165, 1.54) is 17.0 Å². The van der Waals surface area contributed by atoms with Gasteiger partial charge in [0.25, 0.3) is 0 Å². The number of carbonyl (C=O) groups is 1. The lowest BCUT2D eigenvalue weighted by Crippen LogP contribution is -2.51. The number of rotatable bonds is 3. The summed E-state index contributed by atoms with van der Waals surface area (Å²) >= 11 is 3.38. The number of aryl methyl sites for hydroxylation is 1. The van der Waals surface area contributed by atoms with Crippen molar-refractivity contribution in [2.75, 3.05) is 18.8 Å². The lowest BCUT2D eigenvalue weighted by atomic mass is 9.85. The van der Waals surface area contributed by atoms with Crippen LogP contribution in [-0.4, -0.2) is 30.8 Å². The van der Waals surface area contributed by atoms with Gasteiger partial charge in [0.2, 0.25) is 5.91 Å². The average molecular weight is 395 g/mol. The molecule has 2 N–H and O–H groups in total. The highest BCUT2D eigenvalue weighted by Gasteiger charge is 2.33. The summed E-state index contributed by atoms with van der Waals surface area (Å²) in [6.45, 7) is 1.42. The van der Waals surface area contributed by atoms with Crippen molar-refractivity contribution in [3.63, 3.8) is 0 Å². The number of thioether (sulfide) groups is 1. The Morgan fingerprint density at radius 1 is 1.23 bits per heavy atom. The first-order valence-corrected chi connectivity index (χ1v) is 10.7. The Balaban J connectivity index is 1.52. The van der Waals surface area contributed by atoms with Crippen LogP contribution in [0.25, 0.3) is 0 Å². The lowest BCUT2D eigenvalue weighted by molar-refractivity contribution is -0.121. The van der Waals surface area contributed by atoms with Crippen LogP contribution >= 0.6 is 23.1 Å². The number of halogens is 2. The van der Waals surface area contributed by atoms with E-state index in [1.807, 2.05) is 11.4 Å². The highest BCUT2D eigenvalue weighted by atomic mass is 32.2. The van der Waals surface area contributed by atoms with E-state index in [4.69, 9.17) is 0 Å². The number of hydrogen-bond acceptors (Lipinski definition) is 4. The van der Waals surface area contributed by atoms with Gasteiger partial charge in [0.15, 0.2) is 11.6 Å². The Morgan fingerprint density at radius 2 is 2.12 bits per heavy atom. The van der Waals surface area contributed by atoms with Crippen molar-refractivity contribution in [3.8, 4) is 0 Å². The second-order valence-corrected chi connectivity index (χ2v) is 8.90. The van der Waals surface area contributed by atoms with Gasteiger partial charge in [-0.25, -0.2) is 8.78 Å². The number of hydrogen-bond donors (Lipinski definition) is 2. The Bertz CT molecular complexity index is 811. The van der Waals surface area contributed by atoms with Crippen LogP contribution < -0.4 is 10.6 Å². The Kier molecular flexibility index (Phi) is 5.29. The van der Waals surface area contributed by atoms with Crippen molar-refractivity contribution in [1.29, 1.82) is 0 Å². The molecule has 0 radical (unpaired) electrons. The number of benzene rings is 1. The first-order chi connectivity index (χ1) is 12.6. The van der Waals surface area contributed by atoms with Gasteiger partial charge in [-0.2, -0.15) is 0 Å². The molecule has 1 saturated heterocycles. The van der Waals surface area contributed by atoms with Crippen molar-refractivity contribution in [1.82, 2.24) is 10.6 Å². The van der Waals surface area contributed by atoms with E-state index >= 15 is 0 Å². The summed E-state index contributed by atoms with van der Waals surface area (Å²) in [6.07, 6.45) is 1.79. The summed E-state index contributed by atoms with van der Waals surface area (Å²) in [5.74, 6) is -0.744. The molecule has 4 rings (SSSR count). The second kappa shape index (κ2) is 7.66. The molecule has 1 fully saturated rings. The van der Waals surface area contributed by atoms with E-state index in [-0.39, 0.29) is 23.1 Å². The van der Waals surface area contributed by atoms with Crippen LogP contribution in [-0.2, 0) is 11.2 Å². The largest absolute Gasteiger partial charge is 0.350 e. The van der Waals surface area contributed by atoms with Crippen LogP contribution in [0.2, 0.25) is 0 Å². The monoisotopic (exact) mass is 394 g/mol. The summed E-state index contributed by atoms with van der Waals surface area (Å²) in [4.78, 5) is 14.2. The quantitative estimate of drug-likeness (QED) is 0.836. The van der Waals surface area contributed by atoms with Gasteiger partial charge >= 0.3 is 0 Å². The number of carbonyl (C=O) groups excluding carboxylic acids is 1. The van der Waals surface area contributed by atoms with Gasteiger partial charge in [0, 0.05) is 23.4 Å². The van der Waals surface area contributed by atoms with Crippen LogP contribution in [0.1, 0.15) is 33.6 Å². The fourth-order valence-corrected chi connectivity index (χ4v) is 6.08. The molecular weight excluding hydrogens is 374 g/mol. The molecule has 3 nitrogen and oxygen atoms in total. The predicted octanol–water partition coefficient (Wildman–Crippen LogP) is 3.62. The Labute approximate surface area is 159 Å².